The molecule has 3 rings (SSSR count). The molecule has 0 unspecified atom stereocenters. The van der Waals surface area contributed by atoms with E-state index in [0.717, 1.165) is 42.0 Å². The van der Waals surface area contributed by atoms with Gasteiger partial charge in [-0.25, -0.2) is 0 Å². The van der Waals surface area contributed by atoms with Crippen LogP contribution in [0.25, 0.3) is 0 Å². The number of benzene rings is 3. The standard InChI is InChI=1S/C22H19Cl4NO/c23-17-8-7-16(22(26)12-17)9-10-27-13-15-3-1-4-18(11-15)28-14-19-20(24)5-2-6-21(19)25/h1-8,11-12,27H,9-10,13-14H2. The fourth-order valence-electron chi connectivity index (χ4n) is 2.75. The third-order valence-corrected chi connectivity index (χ3v) is 5.55. The first-order valence-corrected chi connectivity index (χ1v) is 10.3. The summed E-state index contributed by atoms with van der Waals surface area (Å²) in [7, 11) is 0. The zero-order chi connectivity index (χ0) is 19.9. The van der Waals surface area contributed by atoms with Crippen LogP contribution in [0.1, 0.15) is 16.7 Å². The summed E-state index contributed by atoms with van der Waals surface area (Å²) in [5.41, 5.74) is 2.99. The Labute approximate surface area is 185 Å². The third-order valence-electron chi connectivity index (χ3n) is 4.26. The van der Waals surface area contributed by atoms with Gasteiger partial charge in [0.1, 0.15) is 12.4 Å². The molecule has 3 aromatic rings. The van der Waals surface area contributed by atoms with Crippen molar-refractivity contribution in [3.8, 4) is 5.75 Å². The van der Waals surface area contributed by atoms with E-state index in [9.17, 15) is 0 Å². The molecular weight excluding hydrogens is 436 g/mol. The zero-order valence-electron chi connectivity index (χ0n) is 15.0. The molecule has 0 bridgehead atoms. The largest absolute Gasteiger partial charge is 0.489 e. The van der Waals surface area contributed by atoms with Gasteiger partial charge in [0.05, 0.1) is 0 Å². The summed E-state index contributed by atoms with van der Waals surface area (Å²) in [6, 6.07) is 19.0. The van der Waals surface area contributed by atoms with Crippen molar-refractivity contribution in [2.45, 2.75) is 19.6 Å². The first-order chi connectivity index (χ1) is 13.5. The normalized spacial score (nSPS) is 10.9. The Morgan fingerprint density at radius 2 is 1.54 bits per heavy atom. The van der Waals surface area contributed by atoms with E-state index in [1.54, 1.807) is 18.2 Å². The van der Waals surface area contributed by atoms with Gasteiger partial charge in [0.2, 0.25) is 0 Å². The molecule has 0 aliphatic carbocycles. The Morgan fingerprint density at radius 1 is 0.786 bits per heavy atom. The Balaban J connectivity index is 1.50. The van der Waals surface area contributed by atoms with E-state index in [4.69, 9.17) is 51.1 Å². The lowest BCUT2D eigenvalue weighted by molar-refractivity contribution is 0.306. The number of hydrogen-bond acceptors (Lipinski definition) is 2. The predicted octanol–water partition coefficient (Wildman–Crippen LogP) is 7.21. The molecule has 1 N–H and O–H groups in total. The summed E-state index contributed by atoms with van der Waals surface area (Å²) in [4.78, 5) is 0. The number of ether oxygens (including phenoxy) is 1. The van der Waals surface area contributed by atoms with Crippen molar-refractivity contribution >= 4 is 46.4 Å². The number of rotatable bonds is 8. The van der Waals surface area contributed by atoms with E-state index in [0.29, 0.717) is 26.7 Å². The maximum absolute atomic E-state index is 6.21. The van der Waals surface area contributed by atoms with Gasteiger partial charge in [-0.1, -0.05) is 70.7 Å². The summed E-state index contributed by atoms with van der Waals surface area (Å²) < 4.78 is 5.87. The summed E-state index contributed by atoms with van der Waals surface area (Å²) in [5.74, 6) is 0.774. The van der Waals surface area contributed by atoms with Crippen LogP contribution < -0.4 is 10.1 Å². The molecule has 0 amide bonds. The van der Waals surface area contributed by atoms with Crippen LogP contribution in [0, 0.1) is 0 Å². The van der Waals surface area contributed by atoms with Crippen molar-refractivity contribution < 1.29 is 4.74 Å². The molecule has 0 heterocycles. The second-order valence-corrected chi connectivity index (χ2v) is 7.96. The molecule has 6 heteroatoms. The minimum Gasteiger partial charge on any atom is -0.489 e. The molecule has 28 heavy (non-hydrogen) atoms. The summed E-state index contributed by atoms with van der Waals surface area (Å²) in [5, 5.41) is 5.97. The van der Waals surface area contributed by atoms with Gasteiger partial charge in [-0.05, 0) is 60.5 Å². The average molecular weight is 455 g/mol. The Kier molecular flexibility index (Phi) is 7.90. The second kappa shape index (κ2) is 10.4. The Bertz CT molecular complexity index is 925. The van der Waals surface area contributed by atoms with Crippen molar-refractivity contribution in [3.05, 3.63) is 97.4 Å². The molecule has 0 fully saturated rings. The van der Waals surface area contributed by atoms with E-state index < -0.39 is 0 Å². The van der Waals surface area contributed by atoms with E-state index in [2.05, 4.69) is 11.4 Å². The number of hydrogen-bond donors (Lipinski definition) is 1. The molecule has 3 aromatic carbocycles. The van der Waals surface area contributed by atoms with E-state index >= 15 is 0 Å². The summed E-state index contributed by atoms with van der Waals surface area (Å²) >= 11 is 24.5. The third kappa shape index (κ3) is 6.04. The molecule has 0 aromatic heterocycles. The van der Waals surface area contributed by atoms with Gasteiger partial charge < -0.3 is 10.1 Å². The minimum absolute atomic E-state index is 0.324. The SMILES string of the molecule is Clc1ccc(CCNCc2cccc(OCc3c(Cl)cccc3Cl)c2)c(Cl)c1. The molecule has 0 radical (unpaired) electrons. The molecule has 0 aliphatic rings. The highest BCUT2D eigenvalue weighted by molar-refractivity contribution is 6.36. The molecule has 146 valence electrons. The van der Waals surface area contributed by atoms with Crippen LogP contribution >= 0.6 is 46.4 Å². The first kappa shape index (κ1) is 21.3. The molecule has 0 saturated heterocycles. The smallest absolute Gasteiger partial charge is 0.120 e. The average Bonchev–Trinajstić information content (AvgIpc) is 2.66. The maximum Gasteiger partial charge on any atom is 0.120 e. The van der Waals surface area contributed by atoms with Gasteiger partial charge in [0.25, 0.3) is 0 Å². The van der Waals surface area contributed by atoms with Crippen LogP contribution in [0.5, 0.6) is 5.75 Å². The lowest BCUT2D eigenvalue weighted by atomic mass is 10.1. The topological polar surface area (TPSA) is 21.3 Å². The van der Waals surface area contributed by atoms with Crippen LogP contribution in [0.3, 0.4) is 0 Å². The zero-order valence-corrected chi connectivity index (χ0v) is 18.0. The lowest BCUT2D eigenvalue weighted by Crippen LogP contribution is -2.16. The number of halogens is 4. The van der Waals surface area contributed by atoms with Crippen molar-refractivity contribution in [1.82, 2.24) is 5.32 Å². The van der Waals surface area contributed by atoms with Gasteiger partial charge in [0, 0.05) is 32.2 Å². The molecule has 0 aliphatic heterocycles. The first-order valence-electron chi connectivity index (χ1n) is 8.82. The van der Waals surface area contributed by atoms with Crippen LogP contribution in [0.15, 0.2) is 60.7 Å². The van der Waals surface area contributed by atoms with Crippen LogP contribution in [-0.4, -0.2) is 6.54 Å². The van der Waals surface area contributed by atoms with Crippen molar-refractivity contribution in [2.24, 2.45) is 0 Å². The van der Waals surface area contributed by atoms with E-state index in [-0.39, 0.29) is 0 Å². The quantitative estimate of drug-likeness (QED) is 0.363. The fraction of sp³-hybridized carbons (Fsp3) is 0.182. The van der Waals surface area contributed by atoms with Crippen LogP contribution in [0.2, 0.25) is 20.1 Å². The summed E-state index contributed by atoms with van der Waals surface area (Å²) in [6.07, 6.45) is 0.831. The maximum atomic E-state index is 6.21. The van der Waals surface area contributed by atoms with Crippen molar-refractivity contribution in [3.63, 3.8) is 0 Å². The second-order valence-electron chi connectivity index (χ2n) is 6.30. The monoisotopic (exact) mass is 453 g/mol. The molecule has 2 nitrogen and oxygen atoms in total. The summed E-state index contributed by atoms with van der Waals surface area (Å²) in [6.45, 7) is 1.86. The van der Waals surface area contributed by atoms with E-state index in [1.807, 2.05) is 36.4 Å². The van der Waals surface area contributed by atoms with Gasteiger partial charge in [-0.15, -0.1) is 0 Å². The minimum atomic E-state index is 0.324. The van der Waals surface area contributed by atoms with Gasteiger partial charge in [-0.2, -0.15) is 0 Å². The van der Waals surface area contributed by atoms with Crippen LogP contribution in [-0.2, 0) is 19.6 Å². The Hall–Kier alpha value is -1.42. The molecule has 0 atom stereocenters. The Morgan fingerprint density at radius 3 is 2.29 bits per heavy atom. The predicted molar refractivity (Wildman–Crippen MR) is 119 cm³/mol. The highest BCUT2D eigenvalue weighted by Gasteiger charge is 2.07. The molecule has 0 saturated carbocycles. The van der Waals surface area contributed by atoms with Crippen molar-refractivity contribution in [2.75, 3.05) is 6.54 Å². The van der Waals surface area contributed by atoms with E-state index in [1.165, 1.54) is 0 Å². The van der Waals surface area contributed by atoms with Gasteiger partial charge >= 0.3 is 0 Å². The molecule has 0 spiro atoms. The van der Waals surface area contributed by atoms with Crippen LogP contribution in [0.4, 0.5) is 0 Å². The van der Waals surface area contributed by atoms with Gasteiger partial charge in [-0.3, -0.25) is 0 Å². The highest BCUT2D eigenvalue weighted by Crippen LogP contribution is 2.26. The van der Waals surface area contributed by atoms with Crippen molar-refractivity contribution in [1.29, 1.82) is 0 Å². The molecular formula is C22H19Cl4NO. The van der Waals surface area contributed by atoms with Gasteiger partial charge in [0.15, 0.2) is 0 Å². The fourth-order valence-corrected chi connectivity index (χ4v) is 3.76. The number of nitrogens with one attached hydrogen (secondary N) is 1. The highest BCUT2D eigenvalue weighted by atomic mass is 35.5. The lowest BCUT2D eigenvalue weighted by Gasteiger charge is -2.11.